The Labute approximate surface area is 129 Å². The van der Waals surface area contributed by atoms with Crippen LogP contribution in [-0.4, -0.2) is 37.4 Å². The Hall–Kier alpha value is -3.42. The van der Waals surface area contributed by atoms with E-state index in [1.54, 1.807) is 0 Å². The lowest BCUT2D eigenvalue weighted by atomic mass is 10.0. The molecule has 0 bridgehead atoms. The zero-order valence-corrected chi connectivity index (χ0v) is 12.0. The van der Waals surface area contributed by atoms with Crippen LogP contribution in [0.4, 0.5) is 0 Å². The number of carbonyl (C=O) groups is 1. The van der Waals surface area contributed by atoms with Gasteiger partial charge in [-0.1, -0.05) is 0 Å². The van der Waals surface area contributed by atoms with Crippen molar-refractivity contribution in [1.82, 2.24) is 9.97 Å². The molecule has 3 aromatic rings. The largest absolute Gasteiger partial charge is 0.507 e. The van der Waals surface area contributed by atoms with E-state index in [1.807, 2.05) is 0 Å². The number of carbonyl (C=O) groups excluding carboxylic acids is 1. The van der Waals surface area contributed by atoms with Gasteiger partial charge in [0, 0.05) is 11.8 Å². The van der Waals surface area contributed by atoms with Crippen LogP contribution in [0.15, 0.2) is 12.1 Å². The summed E-state index contributed by atoms with van der Waals surface area (Å²) in [6, 6.07) is 2.56. The molecule has 0 spiro atoms. The highest BCUT2D eigenvalue weighted by Gasteiger charge is 2.20. The first-order valence-corrected chi connectivity index (χ1v) is 6.55. The van der Waals surface area contributed by atoms with E-state index in [0.717, 1.165) is 6.21 Å². The van der Waals surface area contributed by atoms with Gasteiger partial charge in [-0.05, 0) is 19.1 Å². The van der Waals surface area contributed by atoms with Crippen LogP contribution in [0.2, 0.25) is 0 Å². The number of aromatic nitrogens is 2. The summed E-state index contributed by atoms with van der Waals surface area (Å²) in [6.07, 6.45) is 0.875. The van der Waals surface area contributed by atoms with Crippen molar-refractivity contribution in [3.8, 4) is 17.2 Å². The van der Waals surface area contributed by atoms with Gasteiger partial charge in [-0.2, -0.15) is 0 Å². The predicted molar refractivity (Wildman–Crippen MR) is 83.2 cm³/mol. The molecule has 6 N–H and O–H groups in total. The zero-order chi connectivity index (χ0) is 16.9. The van der Waals surface area contributed by atoms with E-state index in [2.05, 4.69) is 9.97 Å². The summed E-state index contributed by atoms with van der Waals surface area (Å²) in [5.41, 5.74) is 5.56. The molecule has 1 heterocycles. The number of primary amides is 1. The second-order valence-electron chi connectivity index (χ2n) is 4.99. The monoisotopic (exact) mass is 312 g/mol. The number of amides is 1. The predicted octanol–water partition coefficient (Wildman–Crippen LogP) is 1.30. The highest BCUT2D eigenvalue weighted by molar-refractivity contribution is 6.09. The number of nitrogens with zero attached hydrogens (tertiary/aromatic N) is 2. The first-order valence-electron chi connectivity index (χ1n) is 6.55. The lowest BCUT2D eigenvalue weighted by molar-refractivity contribution is 0.100. The van der Waals surface area contributed by atoms with E-state index in [1.165, 1.54) is 19.1 Å². The summed E-state index contributed by atoms with van der Waals surface area (Å²) in [6.45, 7) is 1.46. The Morgan fingerprint density at radius 2 is 1.74 bits per heavy atom. The van der Waals surface area contributed by atoms with Crippen LogP contribution in [-0.2, 0) is 0 Å². The molecule has 8 heteroatoms. The minimum Gasteiger partial charge on any atom is -0.507 e. The van der Waals surface area contributed by atoms with Crippen molar-refractivity contribution >= 4 is 34.2 Å². The molecule has 0 aliphatic rings. The molecule has 23 heavy (non-hydrogen) atoms. The summed E-state index contributed by atoms with van der Waals surface area (Å²) in [4.78, 5) is 19.9. The minimum absolute atomic E-state index is 0.000556. The van der Waals surface area contributed by atoms with Crippen molar-refractivity contribution in [1.29, 1.82) is 5.41 Å². The summed E-state index contributed by atoms with van der Waals surface area (Å²) < 4.78 is 0. The van der Waals surface area contributed by atoms with Crippen molar-refractivity contribution in [3.05, 3.63) is 28.8 Å². The lowest BCUT2D eigenvalue weighted by Gasteiger charge is -2.12. The standard InChI is InChI=1S/C15H12N4O4/c1-5-13(21)7(4-16)10-12(14(5)22)19-9-6(15(17)23)2-3-8(20)11(9)18-10/h2-4,16,20-22H,1H3,(H2,17,23). The van der Waals surface area contributed by atoms with Crippen LogP contribution in [0.3, 0.4) is 0 Å². The molecule has 0 saturated heterocycles. The third-order valence-corrected chi connectivity index (χ3v) is 3.66. The van der Waals surface area contributed by atoms with Crippen molar-refractivity contribution in [3.63, 3.8) is 0 Å². The van der Waals surface area contributed by atoms with E-state index in [9.17, 15) is 20.1 Å². The second kappa shape index (κ2) is 4.80. The molecule has 0 aliphatic heterocycles. The number of aromatic hydroxyl groups is 3. The van der Waals surface area contributed by atoms with Crippen molar-refractivity contribution in [2.75, 3.05) is 0 Å². The number of phenols is 3. The SMILES string of the molecule is Cc1c(O)c(C=N)c2nc3c(O)ccc(C(N)=O)c3nc2c1O. The summed E-state index contributed by atoms with van der Waals surface area (Å²) >= 11 is 0. The van der Waals surface area contributed by atoms with Gasteiger partial charge < -0.3 is 26.5 Å². The maximum atomic E-state index is 11.5. The number of fused-ring (bicyclic) bond motifs is 2. The maximum absolute atomic E-state index is 11.5. The van der Waals surface area contributed by atoms with Crippen LogP contribution in [0.1, 0.15) is 21.5 Å². The highest BCUT2D eigenvalue weighted by Crippen LogP contribution is 2.38. The summed E-state index contributed by atoms with van der Waals surface area (Å²) in [5.74, 6) is -1.62. The third-order valence-electron chi connectivity index (χ3n) is 3.66. The number of nitrogens with two attached hydrogens (primary N) is 1. The van der Waals surface area contributed by atoms with Gasteiger partial charge in [0.2, 0.25) is 0 Å². The molecule has 0 saturated carbocycles. The molecule has 2 aromatic carbocycles. The van der Waals surface area contributed by atoms with Gasteiger partial charge >= 0.3 is 0 Å². The molecule has 116 valence electrons. The molecule has 1 amide bonds. The number of benzene rings is 2. The Balaban J connectivity index is 2.62. The van der Waals surface area contributed by atoms with Gasteiger partial charge in [0.25, 0.3) is 5.91 Å². The van der Waals surface area contributed by atoms with E-state index in [-0.39, 0.29) is 56.0 Å². The normalized spacial score (nSPS) is 11.0. The minimum atomic E-state index is -0.758. The average molecular weight is 312 g/mol. The van der Waals surface area contributed by atoms with E-state index in [0.29, 0.717) is 0 Å². The first-order chi connectivity index (χ1) is 10.9. The lowest BCUT2D eigenvalue weighted by Crippen LogP contribution is -2.12. The van der Waals surface area contributed by atoms with Gasteiger partial charge in [0.1, 0.15) is 39.3 Å². The van der Waals surface area contributed by atoms with Crippen LogP contribution < -0.4 is 5.73 Å². The van der Waals surface area contributed by atoms with Crippen LogP contribution in [0.5, 0.6) is 17.2 Å². The maximum Gasteiger partial charge on any atom is 0.250 e. The van der Waals surface area contributed by atoms with Gasteiger partial charge in [0.15, 0.2) is 0 Å². The molecule has 8 nitrogen and oxygen atoms in total. The molecular weight excluding hydrogens is 300 g/mol. The van der Waals surface area contributed by atoms with E-state index < -0.39 is 5.91 Å². The Bertz CT molecular complexity index is 1010. The highest BCUT2D eigenvalue weighted by atomic mass is 16.3. The quantitative estimate of drug-likeness (QED) is 0.355. The number of nitrogens with one attached hydrogen (secondary N) is 1. The molecular formula is C15H12N4O4. The van der Waals surface area contributed by atoms with E-state index >= 15 is 0 Å². The van der Waals surface area contributed by atoms with Crippen LogP contribution >= 0.6 is 0 Å². The molecule has 3 rings (SSSR count). The molecule has 0 atom stereocenters. The Kier molecular flexibility index (Phi) is 3.03. The smallest absolute Gasteiger partial charge is 0.250 e. The second-order valence-corrected chi connectivity index (χ2v) is 4.99. The third kappa shape index (κ3) is 1.92. The fraction of sp³-hybridized carbons (Fsp3) is 0.0667. The summed E-state index contributed by atoms with van der Waals surface area (Å²) in [5, 5.41) is 37.6. The van der Waals surface area contributed by atoms with Crippen LogP contribution in [0.25, 0.3) is 22.1 Å². The number of rotatable bonds is 2. The Morgan fingerprint density at radius 1 is 1.09 bits per heavy atom. The average Bonchev–Trinajstić information content (AvgIpc) is 2.52. The molecule has 0 fully saturated rings. The first kappa shape index (κ1) is 14.5. The molecule has 0 radical (unpaired) electrons. The number of phenolic OH excluding ortho intramolecular Hbond substituents is 3. The van der Waals surface area contributed by atoms with Crippen LogP contribution in [0, 0.1) is 12.3 Å². The topological polar surface area (TPSA) is 153 Å². The van der Waals surface area contributed by atoms with Crippen molar-refractivity contribution < 1.29 is 20.1 Å². The van der Waals surface area contributed by atoms with Gasteiger partial charge in [-0.3, -0.25) is 4.79 Å². The summed E-state index contributed by atoms with van der Waals surface area (Å²) in [7, 11) is 0. The molecule has 0 aliphatic carbocycles. The van der Waals surface area contributed by atoms with Crippen molar-refractivity contribution in [2.24, 2.45) is 5.73 Å². The van der Waals surface area contributed by atoms with Gasteiger partial charge in [0.05, 0.1) is 11.1 Å². The van der Waals surface area contributed by atoms with E-state index in [4.69, 9.17) is 11.1 Å². The number of hydrogen-bond acceptors (Lipinski definition) is 7. The fourth-order valence-corrected chi connectivity index (χ4v) is 2.41. The number of hydrogen-bond donors (Lipinski definition) is 5. The van der Waals surface area contributed by atoms with Gasteiger partial charge in [-0.25, -0.2) is 9.97 Å². The Morgan fingerprint density at radius 3 is 2.35 bits per heavy atom. The zero-order valence-electron chi connectivity index (χ0n) is 12.0. The molecule has 0 unspecified atom stereocenters. The fourth-order valence-electron chi connectivity index (χ4n) is 2.41. The van der Waals surface area contributed by atoms with Crippen molar-refractivity contribution in [2.45, 2.75) is 6.92 Å². The molecule has 1 aromatic heterocycles. The van der Waals surface area contributed by atoms with Gasteiger partial charge in [-0.15, -0.1) is 0 Å².